The molecule has 0 amide bonds. The monoisotopic (exact) mass is 307 g/mol. The molecule has 1 aliphatic heterocycles. The molecule has 0 spiro atoms. The van der Waals surface area contributed by atoms with Crippen molar-refractivity contribution in [2.45, 2.75) is 65.3 Å². The molecule has 1 saturated heterocycles. The molecule has 21 heavy (non-hydrogen) atoms. The zero-order valence-corrected chi connectivity index (χ0v) is 14.6. The van der Waals surface area contributed by atoms with Crippen LogP contribution in [0.2, 0.25) is 0 Å². The van der Waals surface area contributed by atoms with E-state index >= 15 is 0 Å². The van der Waals surface area contributed by atoms with Crippen molar-refractivity contribution < 1.29 is 0 Å². The highest BCUT2D eigenvalue weighted by atomic mass is 32.1. The van der Waals surface area contributed by atoms with E-state index in [4.69, 9.17) is 4.98 Å². The predicted molar refractivity (Wildman–Crippen MR) is 91.3 cm³/mol. The molecule has 2 heterocycles. The second kappa shape index (κ2) is 6.25. The smallest absolute Gasteiger partial charge is 0.185 e. The van der Waals surface area contributed by atoms with Crippen molar-refractivity contribution in [3.63, 3.8) is 0 Å². The van der Waals surface area contributed by atoms with E-state index in [1.165, 1.54) is 60.9 Å². The Morgan fingerprint density at radius 3 is 2.76 bits per heavy atom. The van der Waals surface area contributed by atoms with Crippen LogP contribution in [0.5, 0.6) is 0 Å². The summed E-state index contributed by atoms with van der Waals surface area (Å²) in [5, 5.41) is 5.03. The zero-order chi connectivity index (χ0) is 14.9. The van der Waals surface area contributed by atoms with Crippen LogP contribution < -0.4 is 10.2 Å². The standard InChI is InChI=1S/C17H29N3S/c1-4-8-18-13-11-17(2,3)12-14-15(13)21-16(19-14)20-9-6-5-7-10-20/h13,18H,4-12H2,1-3H3. The van der Waals surface area contributed by atoms with E-state index < -0.39 is 0 Å². The molecular weight excluding hydrogens is 278 g/mol. The van der Waals surface area contributed by atoms with Crippen molar-refractivity contribution in [2.24, 2.45) is 5.41 Å². The van der Waals surface area contributed by atoms with Gasteiger partial charge in [-0.25, -0.2) is 4.98 Å². The van der Waals surface area contributed by atoms with Gasteiger partial charge in [0.05, 0.1) is 5.69 Å². The Labute approximate surface area is 133 Å². The molecule has 1 N–H and O–H groups in total. The number of piperidine rings is 1. The van der Waals surface area contributed by atoms with Crippen molar-refractivity contribution >= 4 is 16.5 Å². The SMILES string of the molecule is CCCNC1CC(C)(C)Cc2nc(N3CCCCC3)sc21. The van der Waals surface area contributed by atoms with Gasteiger partial charge in [0.15, 0.2) is 5.13 Å². The van der Waals surface area contributed by atoms with Crippen LogP contribution >= 0.6 is 11.3 Å². The van der Waals surface area contributed by atoms with Gasteiger partial charge in [-0.2, -0.15) is 0 Å². The summed E-state index contributed by atoms with van der Waals surface area (Å²) < 4.78 is 0. The number of nitrogens with one attached hydrogen (secondary N) is 1. The molecule has 1 aromatic heterocycles. The number of anilines is 1. The molecule has 3 nitrogen and oxygen atoms in total. The molecule has 0 saturated carbocycles. The van der Waals surface area contributed by atoms with Crippen molar-refractivity contribution in [1.82, 2.24) is 10.3 Å². The maximum atomic E-state index is 5.03. The summed E-state index contributed by atoms with van der Waals surface area (Å²) in [6.07, 6.45) is 7.61. The minimum atomic E-state index is 0.367. The molecule has 3 rings (SSSR count). The Morgan fingerprint density at radius 2 is 2.05 bits per heavy atom. The van der Waals surface area contributed by atoms with E-state index in [0.717, 1.165) is 13.0 Å². The first kappa shape index (κ1) is 15.3. The molecule has 1 aliphatic carbocycles. The molecule has 0 aromatic carbocycles. The summed E-state index contributed by atoms with van der Waals surface area (Å²) in [7, 11) is 0. The number of fused-ring (bicyclic) bond motifs is 1. The molecule has 1 atom stereocenters. The lowest BCUT2D eigenvalue weighted by Crippen LogP contribution is -2.33. The fourth-order valence-electron chi connectivity index (χ4n) is 3.62. The summed E-state index contributed by atoms with van der Waals surface area (Å²) in [6, 6.07) is 0.514. The molecular formula is C17H29N3S. The lowest BCUT2D eigenvalue weighted by Gasteiger charge is -2.34. The van der Waals surface area contributed by atoms with Crippen molar-refractivity contribution in [2.75, 3.05) is 24.5 Å². The number of nitrogens with zero attached hydrogens (tertiary/aromatic N) is 2. The Balaban J connectivity index is 1.83. The first-order chi connectivity index (χ1) is 10.1. The molecule has 4 heteroatoms. The molecule has 118 valence electrons. The molecule has 0 bridgehead atoms. The molecule has 2 aliphatic rings. The first-order valence-corrected chi connectivity index (χ1v) is 9.38. The van der Waals surface area contributed by atoms with Crippen molar-refractivity contribution in [3.05, 3.63) is 10.6 Å². The highest BCUT2D eigenvalue weighted by Gasteiger charge is 2.35. The maximum Gasteiger partial charge on any atom is 0.185 e. The van der Waals surface area contributed by atoms with Gasteiger partial charge in [-0.15, -0.1) is 0 Å². The van der Waals surface area contributed by atoms with E-state index in [9.17, 15) is 0 Å². The van der Waals surface area contributed by atoms with Gasteiger partial charge >= 0.3 is 0 Å². The van der Waals surface area contributed by atoms with Crippen LogP contribution in [0, 0.1) is 5.41 Å². The minimum absolute atomic E-state index is 0.367. The van der Waals surface area contributed by atoms with Crippen LogP contribution in [-0.4, -0.2) is 24.6 Å². The van der Waals surface area contributed by atoms with Gasteiger partial charge in [0, 0.05) is 24.0 Å². The number of thiazole rings is 1. The second-order valence-corrected chi connectivity index (χ2v) is 8.42. The third-order valence-corrected chi connectivity index (χ3v) is 5.97. The second-order valence-electron chi connectivity index (χ2n) is 7.41. The van der Waals surface area contributed by atoms with E-state index in [0.29, 0.717) is 11.5 Å². The summed E-state index contributed by atoms with van der Waals surface area (Å²) in [4.78, 5) is 9.06. The lowest BCUT2D eigenvalue weighted by atomic mass is 9.76. The van der Waals surface area contributed by atoms with Crippen LogP contribution in [-0.2, 0) is 6.42 Å². The first-order valence-electron chi connectivity index (χ1n) is 8.57. The van der Waals surface area contributed by atoms with Gasteiger partial charge in [-0.05, 0) is 50.5 Å². The normalized spacial score (nSPS) is 24.9. The van der Waals surface area contributed by atoms with Gasteiger partial charge in [-0.3, -0.25) is 0 Å². The quantitative estimate of drug-likeness (QED) is 0.906. The third kappa shape index (κ3) is 3.42. The van der Waals surface area contributed by atoms with E-state index in [1.54, 1.807) is 0 Å². The molecule has 1 aromatic rings. The topological polar surface area (TPSA) is 28.2 Å². The van der Waals surface area contributed by atoms with Crippen molar-refractivity contribution in [1.29, 1.82) is 0 Å². The van der Waals surface area contributed by atoms with Crippen LogP contribution in [0.15, 0.2) is 0 Å². The third-order valence-electron chi connectivity index (χ3n) is 4.70. The minimum Gasteiger partial charge on any atom is -0.348 e. The summed E-state index contributed by atoms with van der Waals surface area (Å²) in [6.45, 7) is 10.5. The fourth-order valence-corrected chi connectivity index (χ4v) is 4.83. The van der Waals surface area contributed by atoms with Crippen LogP contribution in [0.3, 0.4) is 0 Å². The predicted octanol–water partition coefficient (Wildman–Crippen LogP) is 4.15. The van der Waals surface area contributed by atoms with E-state index in [2.05, 4.69) is 31.0 Å². The summed E-state index contributed by atoms with van der Waals surface area (Å²) in [5.41, 5.74) is 1.73. The largest absolute Gasteiger partial charge is 0.348 e. The molecule has 1 fully saturated rings. The maximum absolute atomic E-state index is 5.03. The zero-order valence-electron chi connectivity index (χ0n) is 13.7. The average Bonchev–Trinajstić information content (AvgIpc) is 2.88. The fraction of sp³-hybridized carbons (Fsp3) is 0.824. The van der Waals surface area contributed by atoms with Crippen LogP contribution in [0.25, 0.3) is 0 Å². The molecule has 1 unspecified atom stereocenters. The summed E-state index contributed by atoms with van der Waals surface area (Å²) >= 11 is 1.95. The van der Waals surface area contributed by atoms with Crippen LogP contribution in [0.1, 0.15) is 69.5 Å². The van der Waals surface area contributed by atoms with Gasteiger partial charge in [0.1, 0.15) is 0 Å². The lowest BCUT2D eigenvalue weighted by molar-refractivity contribution is 0.258. The number of hydrogen-bond acceptors (Lipinski definition) is 4. The van der Waals surface area contributed by atoms with Crippen LogP contribution in [0.4, 0.5) is 5.13 Å². The Kier molecular flexibility index (Phi) is 4.55. The Bertz CT molecular complexity index is 474. The Morgan fingerprint density at radius 1 is 1.29 bits per heavy atom. The number of rotatable bonds is 4. The highest BCUT2D eigenvalue weighted by Crippen LogP contribution is 2.45. The van der Waals surface area contributed by atoms with Gasteiger partial charge in [0.2, 0.25) is 0 Å². The van der Waals surface area contributed by atoms with Gasteiger partial charge < -0.3 is 10.2 Å². The van der Waals surface area contributed by atoms with E-state index in [1.807, 2.05) is 11.3 Å². The van der Waals surface area contributed by atoms with Gasteiger partial charge in [0.25, 0.3) is 0 Å². The van der Waals surface area contributed by atoms with Gasteiger partial charge in [-0.1, -0.05) is 32.1 Å². The number of hydrogen-bond donors (Lipinski definition) is 1. The highest BCUT2D eigenvalue weighted by molar-refractivity contribution is 7.15. The molecule has 0 radical (unpaired) electrons. The Hall–Kier alpha value is -0.610. The average molecular weight is 308 g/mol. The summed E-state index contributed by atoms with van der Waals surface area (Å²) in [5.74, 6) is 0. The number of aromatic nitrogens is 1. The van der Waals surface area contributed by atoms with E-state index in [-0.39, 0.29) is 0 Å². The van der Waals surface area contributed by atoms with Crippen molar-refractivity contribution in [3.8, 4) is 0 Å².